The van der Waals surface area contributed by atoms with Gasteiger partial charge in [-0.05, 0) is 17.4 Å². The summed E-state index contributed by atoms with van der Waals surface area (Å²) in [6.07, 6.45) is -0.510. The number of carboxylic acids is 1. The molecule has 0 aliphatic carbocycles. The second kappa shape index (κ2) is 6.74. The fourth-order valence-electron chi connectivity index (χ4n) is 1.69. The average molecular weight is 257 g/mol. The fraction of sp³-hybridized carbons (Fsp3) is 0.583. The highest BCUT2D eigenvalue weighted by Crippen LogP contribution is 2.25. The molecule has 0 bridgehead atoms. The van der Waals surface area contributed by atoms with Crippen molar-refractivity contribution in [1.82, 2.24) is 5.32 Å². The van der Waals surface area contributed by atoms with Gasteiger partial charge in [0.05, 0.1) is 6.42 Å². The van der Waals surface area contributed by atoms with Crippen molar-refractivity contribution in [3.63, 3.8) is 0 Å². The van der Waals surface area contributed by atoms with E-state index in [9.17, 15) is 9.90 Å². The second-order valence-electron chi connectivity index (χ2n) is 4.33. The first kappa shape index (κ1) is 14.2. The Kier molecular flexibility index (Phi) is 5.61. The zero-order valence-corrected chi connectivity index (χ0v) is 10.9. The van der Waals surface area contributed by atoms with E-state index in [2.05, 4.69) is 5.32 Å². The maximum Gasteiger partial charge on any atom is 0.304 e. The number of carbonyl (C=O) groups is 1. The first-order valence-electron chi connectivity index (χ1n) is 5.69. The van der Waals surface area contributed by atoms with Gasteiger partial charge in [-0.3, -0.25) is 4.79 Å². The number of rotatable bonds is 7. The Morgan fingerprint density at radius 2 is 2.24 bits per heavy atom. The molecular weight excluding hydrogens is 238 g/mol. The van der Waals surface area contributed by atoms with E-state index in [1.807, 2.05) is 31.4 Å². The molecule has 0 aromatic carbocycles. The molecule has 0 saturated carbocycles. The molecular formula is C12H19NO3S. The third-order valence-electron chi connectivity index (χ3n) is 2.61. The van der Waals surface area contributed by atoms with Crippen molar-refractivity contribution in [2.45, 2.75) is 32.4 Å². The molecule has 0 radical (unpaired) electrons. The molecule has 0 amide bonds. The molecule has 2 atom stereocenters. The van der Waals surface area contributed by atoms with Crippen LogP contribution in [0.3, 0.4) is 0 Å². The molecule has 4 nitrogen and oxygen atoms in total. The summed E-state index contributed by atoms with van der Waals surface area (Å²) in [6.45, 7) is 4.39. The fourth-order valence-corrected chi connectivity index (χ4v) is 2.45. The lowest BCUT2D eigenvalue weighted by Gasteiger charge is -2.26. The van der Waals surface area contributed by atoms with Crippen molar-refractivity contribution >= 4 is 17.3 Å². The maximum atomic E-state index is 10.4. The minimum Gasteiger partial charge on any atom is -0.481 e. The van der Waals surface area contributed by atoms with Gasteiger partial charge in [0, 0.05) is 17.5 Å². The van der Waals surface area contributed by atoms with E-state index >= 15 is 0 Å². The molecule has 0 fully saturated rings. The molecule has 5 heteroatoms. The number of aliphatic carboxylic acids is 1. The Bertz CT molecular complexity index is 338. The van der Waals surface area contributed by atoms with Gasteiger partial charge in [0.15, 0.2) is 0 Å². The summed E-state index contributed by atoms with van der Waals surface area (Å²) in [7, 11) is 0. The highest BCUT2D eigenvalue weighted by molar-refractivity contribution is 7.10. The lowest BCUT2D eigenvalue weighted by atomic mass is 9.97. The minimum absolute atomic E-state index is 0.0698. The van der Waals surface area contributed by atoms with Crippen molar-refractivity contribution in [3.8, 4) is 0 Å². The summed E-state index contributed by atoms with van der Waals surface area (Å²) in [6, 6.07) is 3.68. The van der Waals surface area contributed by atoms with Crippen LogP contribution < -0.4 is 5.32 Å². The van der Waals surface area contributed by atoms with Crippen LogP contribution in [0.1, 0.15) is 31.2 Å². The molecule has 1 aromatic heterocycles. The van der Waals surface area contributed by atoms with Gasteiger partial charge in [-0.2, -0.15) is 0 Å². The highest BCUT2D eigenvalue weighted by atomic mass is 32.1. The molecule has 2 unspecified atom stereocenters. The Balaban J connectivity index is 2.56. The van der Waals surface area contributed by atoms with E-state index < -0.39 is 12.1 Å². The van der Waals surface area contributed by atoms with Crippen LogP contribution in [-0.4, -0.2) is 28.8 Å². The van der Waals surface area contributed by atoms with Crippen LogP contribution in [0.15, 0.2) is 17.5 Å². The lowest BCUT2D eigenvalue weighted by Crippen LogP contribution is -2.40. The van der Waals surface area contributed by atoms with Gasteiger partial charge < -0.3 is 15.5 Å². The van der Waals surface area contributed by atoms with Crippen LogP contribution in [0, 0.1) is 5.92 Å². The zero-order valence-electron chi connectivity index (χ0n) is 10.1. The summed E-state index contributed by atoms with van der Waals surface area (Å²) >= 11 is 1.51. The van der Waals surface area contributed by atoms with Gasteiger partial charge in [0.2, 0.25) is 0 Å². The number of hydrogen-bond acceptors (Lipinski definition) is 4. The largest absolute Gasteiger partial charge is 0.481 e. The second-order valence-corrected chi connectivity index (χ2v) is 5.31. The standard InChI is InChI=1S/C12H19NO3S/c1-8(2)11(13-6-5-10(14)15)12(16)9-4-3-7-17-9/h3-4,7-8,11-13,16H,5-6H2,1-2H3,(H,14,15). The first-order valence-corrected chi connectivity index (χ1v) is 6.57. The third kappa shape index (κ3) is 4.46. The van der Waals surface area contributed by atoms with E-state index in [-0.39, 0.29) is 18.4 Å². The zero-order chi connectivity index (χ0) is 12.8. The smallest absolute Gasteiger partial charge is 0.304 e. The molecule has 0 spiro atoms. The molecule has 3 N–H and O–H groups in total. The van der Waals surface area contributed by atoms with E-state index in [1.54, 1.807) is 0 Å². The summed E-state index contributed by atoms with van der Waals surface area (Å²) in [5.41, 5.74) is 0. The van der Waals surface area contributed by atoms with Gasteiger partial charge in [-0.15, -0.1) is 11.3 Å². The Morgan fingerprint density at radius 3 is 2.71 bits per heavy atom. The van der Waals surface area contributed by atoms with Gasteiger partial charge in [-0.1, -0.05) is 19.9 Å². The minimum atomic E-state index is -0.828. The molecule has 1 aromatic rings. The van der Waals surface area contributed by atoms with Crippen molar-refractivity contribution in [3.05, 3.63) is 22.4 Å². The SMILES string of the molecule is CC(C)C(NCCC(=O)O)C(O)c1cccs1. The van der Waals surface area contributed by atoms with Crippen LogP contribution in [-0.2, 0) is 4.79 Å². The molecule has 96 valence electrons. The predicted octanol–water partition coefficient (Wildman–Crippen LogP) is 1.87. The molecule has 17 heavy (non-hydrogen) atoms. The van der Waals surface area contributed by atoms with Crippen molar-refractivity contribution in [2.75, 3.05) is 6.54 Å². The Morgan fingerprint density at radius 1 is 1.53 bits per heavy atom. The van der Waals surface area contributed by atoms with Gasteiger partial charge in [0.25, 0.3) is 0 Å². The summed E-state index contributed by atoms with van der Waals surface area (Å²) in [4.78, 5) is 11.4. The number of carboxylic acid groups (broad SMARTS) is 1. The summed E-state index contributed by atoms with van der Waals surface area (Å²) in [5.74, 6) is -0.591. The molecule has 0 aliphatic heterocycles. The van der Waals surface area contributed by atoms with Gasteiger partial charge >= 0.3 is 5.97 Å². The normalized spacial score (nSPS) is 14.8. The Hall–Kier alpha value is -0.910. The predicted molar refractivity (Wildman–Crippen MR) is 68.2 cm³/mol. The number of aliphatic hydroxyl groups excluding tert-OH is 1. The first-order chi connectivity index (χ1) is 8.02. The highest BCUT2D eigenvalue weighted by Gasteiger charge is 2.24. The van der Waals surface area contributed by atoms with Gasteiger partial charge in [-0.25, -0.2) is 0 Å². The topological polar surface area (TPSA) is 69.6 Å². The van der Waals surface area contributed by atoms with Crippen molar-refractivity contribution in [1.29, 1.82) is 0 Å². The van der Waals surface area contributed by atoms with Crippen molar-refractivity contribution < 1.29 is 15.0 Å². The maximum absolute atomic E-state index is 10.4. The van der Waals surface area contributed by atoms with E-state index in [0.29, 0.717) is 6.54 Å². The van der Waals surface area contributed by atoms with Crippen molar-refractivity contribution in [2.24, 2.45) is 5.92 Å². The summed E-state index contributed by atoms with van der Waals surface area (Å²) < 4.78 is 0. The van der Waals surface area contributed by atoms with Crippen LogP contribution in [0.25, 0.3) is 0 Å². The van der Waals surface area contributed by atoms with Crippen LogP contribution >= 0.6 is 11.3 Å². The number of nitrogens with one attached hydrogen (secondary N) is 1. The average Bonchev–Trinajstić information content (AvgIpc) is 2.75. The lowest BCUT2D eigenvalue weighted by molar-refractivity contribution is -0.136. The quantitative estimate of drug-likeness (QED) is 0.697. The van der Waals surface area contributed by atoms with E-state index in [1.165, 1.54) is 11.3 Å². The van der Waals surface area contributed by atoms with Crippen LogP contribution in [0.2, 0.25) is 0 Å². The molecule has 1 heterocycles. The summed E-state index contributed by atoms with van der Waals surface area (Å²) in [5, 5.41) is 23.8. The Labute approximate surface area is 105 Å². The van der Waals surface area contributed by atoms with Crippen LogP contribution in [0.5, 0.6) is 0 Å². The van der Waals surface area contributed by atoms with Crippen LogP contribution in [0.4, 0.5) is 0 Å². The number of hydrogen-bond donors (Lipinski definition) is 3. The number of aliphatic hydroxyl groups is 1. The number of thiophene rings is 1. The monoisotopic (exact) mass is 257 g/mol. The molecule has 0 aliphatic rings. The van der Waals surface area contributed by atoms with E-state index in [0.717, 1.165) is 4.88 Å². The molecule has 0 saturated heterocycles. The third-order valence-corrected chi connectivity index (χ3v) is 3.55. The van der Waals surface area contributed by atoms with Gasteiger partial charge in [0.1, 0.15) is 6.10 Å². The molecule has 1 rings (SSSR count). The van der Waals surface area contributed by atoms with E-state index in [4.69, 9.17) is 5.11 Å².